The number of thiazole rings is 1. The number of hydrogen-bond acceptors (Lipinski definition) is 6. The van der Waals surface area contributed by atoms with Gasteiger partial charge in [0.1, 0.15) is 12.2 Å². The third kappa shape index (κ3) is 2.60. The van der Waals surface area contributed by atoms with E-state index in [4.69, 9.17) is 4.98 Å². The average molecular weight is 332 g/mol. The minimum absolute atomic E-state index is 0.0496. The lowest BCUT2D eigenvalue weighted by molar-refractivity contribution is -0.121. The zero-order valence-corrected chi connectivity index (χ0v) is 14.0. The highest BCUT2D eigenvalue weighted by atomic mass is 32.1. The second-order valence-electron chi connectivity index (χ2n) is 5.97. The van der Waals surface area contributed by atoms with Crippen molar-refractivity contribution in [2.45, 2.75) is 45.2 Å². The molecule has 122 valence electrons. The summed E-state index contributed by atoms with van der Waals surface area (Å²) in [6.07, 6.45) is 4.44. The highest BCUT2D eigenvalue weighted by molar-refractivity contribution is 7.15. The highest BCUT2D eigenvalue weighted by Crippen LogP contribution is 2.39. The van der Waals surface area contributed by atoms with E-state index >= 15 is 0 Å². The smallest absolute Gasteiger partial charge is 0.221 e. The molecule has 4 heterocycles. The first-order valence-corrected chi connectivity index (χ1v) is 8.97. The lowest BCUT2D eigenvalue weighted by Gasteiger charge is -2.14. The second-order valence-corrected chi connectivity index (χ2v) is 6.98. The summed E-state index contributed by atoms with van der Waals surface area (Å²) < 4.78 is 1.88. The molecule has 2 aromatic rings. The first-order chi connectivity index (χ1) is 11.3. The number of fused-ring (bicyclic) bond motifs is 1. The topological polar surface area (TPSA) is 75.9 Å². The molecule has 0 spiro atoms. The molecule has 2 aliphatic rings. The largest absolute Gasteiger partial charge is 0.350 e. The molecule has 1 atom stereocenters. The summed E-state index contributed by atoms with van der Waals surface area (Å²) >= 11 is 1.71. The van der Waals surface area contributed by atoms with Crippen LogP contribution in [0.5, 0.6) is 0 Å². The van der Waals surface area contributed by atoms with Crippen molar-refractivity contribution in [2.24, 2.45) is 0 Å². The van der Waals surface area contributed by atoms with Crippen LogP contribution in [0.4, 0.5) is 5.13 Å². The van der Waals surface area contributed by atoms with Gasteiger partial charge in [-0.3, -0.25) is 4.79 Å². The van der Waals surface area contributed by atoms with Crippen LogP contribution in [0.1, 0.15) is 48.5 Å². The number of hydrogen-bond donors (Lipinski definition) is 1. The first-order valence-electron chi connectivity index (χ1n) is 8.15. The van der Waals surface area contributed by atoms with Crippen LogP contribution in [0.15, 0.2) is 6.33 Å². The van der Waals surface area contributed by atoms with Gasteiger partial charge in [-0.15, -0.1) is 11.3 Å². The fourth-order valence-electron chi connectivity index (χ4n) is 3.32. The fourth-order valence-corrected chi connectivity index (χ4v) is 4.55. The van der Waals surface area contributed by atoms with Crippen LogP contribution in [0, 0.1) is 0 Å². The zero-order valence-electron chi connectivity index (χ0n) is 13.2. The van der Waals surface area contributed by atoms with Gasteiger partial charge >= 0.3 is 0 Å². The monoisotopic (exact) mass is 332 g/mol. The van der Waals surface area contributed by atoms with Crippen LogP contribution in [-0.2, 0) is 17.9 Å². The minimum atomic E-state index is -0.0520. The Bertz CT molecular complexity index is 717. The Hall–Kier alpha value is -1.96. The molecule has 8 heteroatoms. The Balaban J connectivity index is 1.75. The Labute approximate surface area is 138 Å². The van der Waals surface area contributed by atoms with Gasteiger partial charge in [0.2, 0.25) is 5.91 Å². The van der Waals surface area contributed by atoms with Crippen molar-refractivity contribution in [2.75, 3.05) is 18.0 Å². The van der Waals surface area contributed by atoms with Gasteiger partial charge in [0.15, 0.2) is 5.13 Å². The predicted molar refractivity (Wildman–Crippen MR) is 87.6 cm³/mol. The van der Waals surface area contributed by atoms with Gasteiger partial charge in [0.25, 0.3) is 0 Å². The van der Waals surface area contributed by atoms with Crippen molar-refractivity contribution < 1.29 is 4.79 Å². The Morgan fingerprint density at radius 1 is 1.39 bits per heavy atom. The number of carbonyl (C=O) groups excluding carboxylic acids is 1. The molecule has 23 heavy (non-hydrogen) atoms. The van der Waals surface area contributed by atoms with E-state index in [0.29, 0.717) is 13.0 Å². The molecule has 0 radical (unpaired) electrons. The van der Waals surface area contributed by atoms with Crippen LogP contribution >= 0.6 is 11.3 Å². The molecule has 7 nitrogen and oxygen atoms in total. The number of carbonyl (C=O) groups is 1. The highest BCUT2D eigenvalue weighted by Gasteiger charge is 2.32. The summed E-state index contributed by atoms with van der Waals surface area (Å²) in [4.78, 5) is 24.8. The molecular weight excluding hydrogens is 312 g/mol. The summed E-state index contributed by atoms with van der Waals surface area (Å²) in [5.74, 6) is 0.861. The van der Waals surface area contributed by atoms with E-state index in [0.717, 1.165) is 41.2 Å². The molecule has 0 unspecified atom stereocenters. The molecule has 0 bridgehead atoms. The van der Waals surface area contributed by atoms with Gasteiger partial charge in [0, 0.05) is 30.9 Å². The summed E-state index contributed by atoms with van der Waals surface area (Å²) in [5, 5.41) is 8.31. The molecule has 2 aliphatic heterocycles. The van der Waals surface area contributed by atoms with Crippen molar-refractivity contribution in [3.8, 4) is 0 Å². The second kappa shape index (κ2) is 5.92. The maximum Gasteiger partial charge on any atom is 0.221 e. The lowest BCUT2D eigenvalue weighted by atomic mass is 10.0. The summed E-state index contributed by atoms with van der Waals surface area (Å²) in [7, 11) is 0. The average Bonchev–Trinajstić information content (AvgIpc) is 3.28. The summed E-state index contributed by atoms with van der Waals surface area (Å²) in [6.45, 7) is 5.46. The quantitative estimate of drug-likeness (QED) is 0.922. The van der Waals surface area contributed by atoms with Gasteiger partial charge in [0.05, 0.1) is 18.2 Å². The number of anilines is 1. The van der Waals surface area contributed by atoms with Crippen LogP contribution in [0.25, 0.3) is 0 Å². The minimum Gasteiger partial charge on any atom is -0.350 e. The number of amides is 1. The van der Waals surface area contributed by atoms with Crippen LogP contribution in [0.2, 0.25) is 0 Å². The van der Waals surface area contributed by atoms with E-state index < -0.39 is 0 Å². The normalized spacial score (nSPS) is 21.2. The van der Waals surface area contributed by atoms with Crippen molar-refractivity contribution in [1.82, 2.24) is 25.1 Å². The van der Waals surface area contributed by atoms with E-state index in [1.165, 1.54) is 12.8 Å². The number of nitrogens with zero attached hydrogens (tertiary/aromatic N) is 5. The molecule has 2 aromatic heterocycles. The van der Waals surface area contributed by atoms with Crippen molar-refractivity contribution >= 4 is 22.4 Å². The molecule has 0 aliphatic carbocycles. The summed E-state index contributed by atoms with van der Waals surface area (Å²) in [5.41, 5.74) is 0.985. The lowest BCUT2D eigenvalue weighted by Crippen LogP contribution is -2.22. The number of aryl methyl sites for hydroxylation is 1. The van der Waals surface area contributed by atoms with Crippen molar-refractivity contribution in [1.29, 1.82) is 0 Å². The molecule has 1 amide bonds. The molecule has 1 fully saturated rings. The van der Waals surface area contributed by atoms with E-state index in [2.05, 4.69) is 20.3 Å². The van der Waals surface area contributed by atoms with Gasteiger partial charge in [-0.05, 0) is 19.8 Å². The maximum absolute atomic E-state index is 12.1. The third-order valence-electron chi connectivity index (χ3n) is 4.51. The molecular formula is C15H20N6OS. The van der Waals surface area contributed by atoms with Crippen LogP contribution in [-0.4, -0.2) is 38.7 Å². The van der Waals surface area contributed by atoms with Gasteiger partial charge in [-0.25, -0.2) is 14.6 Å². The van der Waals surface area contributed by atoms with E-state index in [9.17, 15) is 4.79 Å². The van der Waals surface area contributed by atoms with E-state index in [1.807, 2.05) is 11.6 Å². The Morgan fingerprint density at radius 2 is 2.22 bits per heavy atom. The van der Waals surface area contributed by atoms with Gasteiger partial charge < -0.3 is 10.2 Å². The third-order valence-corrected chi connectivity index (χ3v) is 5.78. The molecule has 4 rings (SSSR count). The standard InChI is InChI=1S/C15H20N6OS/c1-2-21-14(17-9-18-21)10-7-12(22)16-8-11-13(10)23-15(19-11)20-5-3-4-6-20/h9-10H,2-8H2,1H3,(H,16,22)/t10-/m0/s1. The SMILES string of the molecule is CCn1ncnc1[C@H]1CC(=O)NCc2nc(N3CCCC3)sc21. The Kier molecular flexibility index (Phi) is 3.76. The first kappa shape index (κ1) is 14.6. The van der Waals surface area contributed by atoms with E-state index in [-0.39, 0.29) is 11.8 Å². The van der Waals surface area contributed by atoms with Crippen LogP contribution in [0.3, 0.4) is 0 Å². The van der Waals surface area contributed by atoms with Crippen molar-refractivity contribution in [3.05, 3.63) is 22.7 Å². The number of nitrogens with one attached hydrogen (secondary N) is 1. The molecule has 0 saturated carbocycles. The maximum atomic E-state index is 12.1. The van der Waals surface area contributed by atoms with E-state index in [1.54, 1.807) is 17.7 Å². The predicted octanol–water partition coefficient (Wildman–Crippen LogP) is 1.51. The van der Waals surface area contributed by atoms with Gasteiger partial charge in [-0.2, -0.15) is 5.10 Å². The molecule has 1 saturated heterocycles. The van der Waals surface area contributed by atoms with Crippen molar-refractivity contribution in [3.63, 3.8) is 0 Å². The zero-order chi connectivity index (χ0) is 15.8. The van der Waals surface area contributed by atoms with Crippen LogP contribution < -0.4 is 10.2 Å². The number of aromatic nitrogens is 4. The molecule has 1 N–H and O–H groups in total. The summed E-state index contributed by atoms with van der Waals surface area (Å²) in [6, 6.07) is 0. The number of rotatable bonds is 3. The van der Waals surface area contributed by atoms with Gasteiger partial charge in [-0.1, -0.05) is 0 Å². The fraction of sp³-hybridized carbons (Fsp3) is 0.600. The molecule has 0 aromatic carbocycles. The Morgan fingerprint density at radius 3 is 3.00 bits per heavy atom.